The minimum Gasteiger partial charge on any atom is -0.494 e. The van der Waals surface area contributed by atoms with Gasteiger partial charge in [0, 0.05) is 11.6 Å². The molecule has 5 heteroatoms. The maximum Gasteiger partial charge on any atom is 0.267 e. The predicted molar refractivity (Wildman–Crippen MR) is 75.2 cm³/mol. The van der Waals surface area contributed by atoms with E-state index in [1.54, 1.807) is 37.4 Å². The fourth-order valence-electron chi connectivity index (χ4n) is 1.77. The van der Waals surface area contributed by atoms with E-state index in [-0.39, 0.29) is 17.9 Å². The topological polar surface area (TPSA) is 61.2 Å². The highest BCUT2D eigenvalue weighted by Crippen LogP contribution is 2.12. The van der Waals surface area contributed by atoms with Gasteiger partial charge in [-0.3, -0.25) is 9.59 Å². The second-order valence-corrected chi connectivity index (χ2v) is 4.41. The van der Waals surface area contributed by atoms with Gasteiger partial charge in [0.05, 0.1) is 12.8 Å². The number of ether oxygens (including phenoxy) is 1. The zero-order chi connectivity index (χ0) is 14.5. The number of rotatable bonds is 5. The maximum absolute atomic E-state index is 12.1. The van der Waals surface area contributed by atoms with Crippen molar-refractivity contribution in [1.82, 2.24) is 9.78 Å². The predicted octanol–water partition coefficient (Wildman–Crippen LogP) is 1.83. The number of Topliss-reactive ketones (excluding diaryl/α,β-unsaturated/α-hetero) is 1. The van der Waals surface area contributed by atoms with E-state index >= 15 is 0 Å². The molecule has 2 rings (SSSR count). The van der Waals surface area contributed by atoms with E-state index in [0.29, 0.717) is 12.2 Å². The summed E-state index contributed by atoms with van der Waals surface area (Å²) in [5.74, 6) is 0.557. The van der Waals surface area contributed by atoms with Crippen molar-refractivity contribution in [2.24, 2.45) is 0 Å². The summed E-state index contributed by atoms with van der Waals surface area (Å²) in [5.41, 5.74) is 1.03. The van der Waals surface area contributed by atoms with E-state index in [4.69, 9.17) is 4.74 Å². The molecule has 0 fully saturated rings. The molecular weight excluding hydrogens is 256 g/mol. The number of carbonyl (C=O) groups is 1. The Morgan fingerprint density at radius 2 is 2.00 bits per heavy atom. The van der Waals surface area contributed by atoms with Crippen molar-refractivity contribution in [2.75, 3.05) is 6.61 Å². The van der Waals surface area contributed by atoms with Gasteiger partial charge >= 0.3 is 0 Å². The number of hydrogen-bond donors (Lipinski definition) is 0. The Kier molecular flexibility index (Phi) is 4.30. The van der Waals surface area contributed by atoms with Gasteiger partial charge in [0.25, 0.3) is 5.56 Å². The fourth-order valence-corrected chi connectivity index (χ4v) is 1.77. The Morgan fingerprint density at radius 3 is 2.60 bits per heavy atom. The standard InChI is InChI=1S/C15H16N2O3/c1-3-20-13-6-4-12(5-7-13)14(18)10-17-15(19)8-11(2)9-16-17/h4-9H,3,10H2,1-2H3. The monoisotopic (exact) mass is 272 g/mol. The van der Waals surface area contributed by atoms with Gasteiger partial charge in [-0.2, -0.15) is 5.10 Å². The lowest BCUT2D eigenvalue weighted by Crippen LogP contribution is -2.26. The van der Waals surface area contributed by atoms with Crippen LogP contribution in [0.1, 0.15) is 22.8 Å². The molecule has 0 saturated heterocycles. The van der Waals surface area contributed by atoms with E-state index in [9.17, 15) is 9.59 Å². The minimum atomic E-state index is -0.274. The van der Waals surface area contributed by atoms with Gasteiger partial charge in [-0.05, 0) is 43.7 Å². The van der Waals surface area contributed by atoms with E-state index < -0.39 is 0 Å². The molecule has 20 heavy (non-hydrogen) atoms. The average Bonchev–Trinajstić information content (AvgIpc) is 2.43. The molecule has 2 aromatic rings. The second-order valence-electron chi connectivity index (χ2n) is 4.41. The number of aromatic nitrogens is 2. The highest BCUT2D eigenvalue weighted by Gasteiger charge is 2.09. The average molecular weight is 272 g/mol. The molecule has 104 valence electrons. The molecule has 0 aliphatic carbocycles. The molecule has 5 nitrogen and oxygen atoms in total. The molecule has 1 aromatic carbocycles. The lowest BCUT2D eigenvalue weighted by molar-refractivity contribution is 0.0965. The van der Waals surface area contributed by atoms with Gasteiger partial charge in [-0.25, -0.2) is 4.68 Å². The summed E-state index contributed by atoms with van der Waals surface area (Å²) in [6.45, 7) is 4.20. The van der Waals surface area contributed by atoms with Crippen molar-refractivity contribution in [1.29, 1.82) is 0 Å². The Balaban J connectivity index is 2.13. The summed E-state index contributed by atoms with van der Waals surface area (Å²) in [4.78, 5) is 23.8. The minimum absolute atomic E-state index is 0.0624. The molecule has 0 aliphatic rings. The zero-order valence-electron chi connectivity index (χ0n) is 11.5. The first kappa shape index (κ1) is 14.0. The summed E-state index contributed by atoms with van der Waals surface area (Å²) in [7, 11) is 0. The zero-order valence-corrected chi connectivity index (χ0v) is 11.5. The van der Waals surface area contributed by atoms with Crippen LogP contribution in [0.3, 0.4) is 0 Å². The fraction of sp³-hybridized carbons (Fsp3) is 0.267. The molecule has 0 aliphatic heterocycles. The third-order valence-corrected chi connectivity index (χ3v) is 2.79. The summed E-state index contributed by atoms with van der Waals surface area (Å²) in [6.07, 6.45) is 1.56. The van der Waals surface area contributed by atoms with Crippen LogP contribution in [0.25, 0.3) is 0 Å². The molecule has 0 unspecified atom stereocenters. The van der Waals surface area contributed by atoms with Crippen molar-refractivity contribution in [2.45, 2.75) is 20.4 Å². The molecule has 0 N–H and O–H groups in total. The van der Waals surface area contributed by atoms with Crippen LogP contribution < -0.4 is 10.3 Å². The quantitative estimate of drug-likeness (QED) is 0.779. The lowest BCUT2D eigenvalue weighted by Gasteiger charge is -2.06. The summed E-state index contributed by atoms with van der Waals surface area (Å²) >= 11 is 0. The van der Waals surface area contributed by atoms with Crippen LogP contribution in [0.15, 0.2) is 41.3 Å². The van der Waals surface area contributed by atoms with Crippen molar-refractivity contribution in [3.63, 3.8) is 0 Å². The van der Waals surface area contributed by atoms with E-state index in [2.05, 4.69) is 5.10 Å². The van der Waals surface area contributed by atoms with Gasteiger partial charge < -0.3 is 4.74 Å². The molecule has 1 heterocycles. The van der Waals surface area contributed by atoms with Crippen molar-refractivity contribution in [3.05, 3.63) is 58.0 Å². The van der Waals surface area contributed by atoms with Gasteiger partial charge in [0.1, 0.15) is 12.3 Å². The first-order chi connectivity index (χ1) is 9.60. The van der Waals surface area contributed by atoms with Crippen LogP contribution in [-0.2, 0) is 6.54 Å². The molecule has 0 atom stereocenters. The van der Waals surface area contributed by atoms with Crippen molar-refractivity contribution >= 4 is 5.78 Å². The molecular formula is C15H16N2O3. The Labute approximate surface area is 116 Å². The SMILES string of the molecule is CCOc1ccc(C(=O)Cn2ncc(C)cc2=O)cc1. The molecule has 0 amide bonds. The van der Waals surface area contributed by atoms with Crippen LogP contribution in [-0.4, -0.2) is 22.2 Å². The summed E-state index contributed by atoms with van der Waals surface area (Å²) in [5, 5.41) is 3.95. The summed E-state index contributed by atoms with van der Waals surface area (Å²) < 4.78 is 6.47. The van der Waals surface area contributed by atoms with Gasteiger partial charge in [0.15, 0.2) is 5.78 Å². The van der Waals surface area contributed by atoms with Crippen molar-refractivity contribution < 1.29 is 9.53 Å². The first-order valence-electron chi connectivity index (χ1n) is 6.40. The number of ketones is 1. The van der Waals surface area contributed by atoms with Gasteiger partial charge in [-0.15, -0.1) is 0 Å². The summed E-state index contributed by atoms with van der Waals surface area (Å²) in [6, 6.07) is 8.31. The van der Waals surface area contributed by atoms with E-state index in [0.717, 1.165) is 16.0 Å². The normalized spacial score (nSPS) is 10.3. The van der Waals surface area contributed by atoms with Gasteiger partial charge in [-0.1, -0.05) is 0 Å². The number of hydrogen-bond acceptors (Lipinski definition) is 4. The van der Waals surface area contributed by atoms with Crippen LogP contribution in [0.2, 0.25) is 0 Å². The Bertz CT molecular complexity index is 660. The maximum atomic E-state index is 12.1. The molecule has 0 saturated carbocycles. The lowest BCUT2D eigenvalue weighted by atomic mass is 10.1. The van der Waals surface area contributed by atoms with Crippen molar-refractivity contribution in [3.8, 4) is 5.75 Å². The second kappa shape index (κ2) is 6.14. The first-order valence-corrected chi connectivity index (χ1v) is 6.40. The number of carbonyl (C=O) groups excluding carboxylic acids is 1. The van der Waals surface area contributed by atoms with Crippen LogP contribution in [0.4, 0.5) is 0 Å². The van der Waals surface area contributed by atoms with Crippen LogP contribution in [0.5, 0.6) is 5.75 Å². The number of nitrogens with zero attached hydrogens (tertiary/aromatic N) is 2. The van der Waals surface area contributed by atoms with Gasteiger partial charge in [0.2, 0.25) is 0 Å². The Morgan fingerprint density at radius 1 is 1.30 bits per heavy atom. The van der Waals surface area contributed by atoms with Crippen LogP contribution >= 0.6 is 0 Å². The van der Waals surface area contributed by atoms with E-state index in [1.165, 1.54) is 6.07 Å². The molecule has 1 aromatic heterocycles. The molecule has 0 spiro atoms. The number of aryl methyl sites for hydroxylation is 1. The number of benzene rings is 1. The smallest absolute Gasteiger partial charge is 0.267 e. The molecule has 0 radical (unpaired) electrons. The third kappa shape index (κ3) is 3.32. The highest BCUT2D eigenvalue weighted by atomic mass is 16.5. The van der Waals surface area contributed by atoms with E-state index in [1.807, 2.05) is 6.92 Å². The van der Waals surface area contributed by atoms with Crippen LogP contribution in [0, 0.1) is 6.92 Å². The molecule has 0 bridgehead atoms. The Hall–Kier alpha value is -2.43. The largest absolute Gasteiger partial charge is 0.494 e. The third-order valence-electron chi connectivity index (χ3n) is 2.79. The highest BCUT2D eigenvalue weighted by molar-refractivity contribution is 5.95.